The number of hydrogen-bond acceptors (Lipinski definition) is 3. The van der Waals surface area contributed by atoms with Crippen molar-refractivity contribution in [1.29, 1.82) is 0 Å². The first-order valence-electron chi connectivity index (χ1n) is 6.46. The van der Waals surface area contributed by atoms with E-state index in [4.69, 9.17) is 0 Å². The molecule has 1 atom stereocenters. The Hall–Kier alpha value is -1.55. The summed E-state index contributed by atoms with van der Waals surface area (Å²) >= 11 is 1.49. The molecule has 1 heterocycles. The highest BCUT2D eigenvalue weighted by molar-refractivity contribution is 8.04. The normalized spacial score (nSPS) is 26.2. The van der Waals surface area contributed by atoms with Gasteiger partial charge in [-0.05, 0) is 12.5 Å². The Morgan fingerprint density at radius 2 is 2.05 bits per heavy atom. The number of carbonyl (C=O) groups is 2. The standard InChI is InChI=1S/C15H15NO2S/c1-3-16-12(17)8-19-15(16)13-9(2)10-6-4-5-7-11(10)14(13)18/h4-7,9H,3,8H2,1-2H3/b15-13+. The highest BCUT2D eigenvalue weighted by Crippen LogP contribution is 2.44. The highest BCUT2D eigenvalue weighted by Gasteiger charge is 2.38. The third-order valence-electron chi connectivity index (χ3n) is 3.77. The van der Waals surface area contributed by atoms with Crippen LogP contribution in [0.15, 0.2) is 34.9 Å². The van der Waals surface area contributed by atoms with Crippen molar-refractivity contribution in [3.63, 3.8) is 0 Å². The average molecular weight is 273 g/mol. The largest absolute Gasteiger partial charge is 0.306 e. The minimum Gasteiger partial charge on any atom is -0.306 e. The molecular formula is C15H15NO2S. The van der Waals surface area contributed by atoms with Crippen LogP contribution in [0.2, 0.25) is 0 Å². The fraction of sp³-hybridized carbons (Fsp3) is 0.333. The summed E-state index contributed by atoms with van der Waals surface area (Å²) in [5.41, 5.74) is 2.65. The number of nitrogens with zero attached hydrogens (tertiary/aromatic N) is 1. The van der Waals surface area contributed by atoms with Gasteiger partial charge in [0.15, 0.2) is 5.78 Å². The van der Waals surface area contributed by atoms with Gasteiger partial charge in [0.25, 0.3) is 0 Å². The second-order valence-corrected chi connectivity index (χ2v) is 5.75. The van der Waals surface area contributed by atoms with E-state index in [-0.39, 0.29) is 17.6 Å². The lowest BCUT2D eigenvalue weighted by atomic mass is 10.0. The van der Waals surface area contributed by atoms with E-state index in [0.29, 0.717) is 12.3 Å². The topological polar surface area (TPSA) is 37.4 Å². The molecule has 1 amide bonds. The number of amides is 1. The number of rotatable bonds is 1. The Balaban J connectivity index is 2.14. The molecule has 2 aliphatic rings. The van der Waals surface area contributed by atoms with Crippen LogP contribution < -0.4 is 0 Å². The van der Waals surface area contributed by atoms with Gasteiger partial charge in [-0.1, -0.05) is 43.0 Å². The van der Waals surface area contributed by atoms with Crippen molar-refractivity contribution in [3.8, 4) is 0 Å². The molecule has 1 aliphatic heterocycles. The van der Waals surface area contributed by atoms with E-state index in [1.165, 1.54) is 11.8 Å². The molecule has 1 aromatic carbocycles. The molecule has 0 radical (unpaired) electrons. The van der Waals surface area contributed by atoms with Gasteiger partial charge in [0.1, 0.15) is 0 Å². The minimum absolute atomic E-state index is 0.0751. The third-order valence-corrected chi connectivity index (χ3v) is 4.88. The molecule has 98 valence electrons. The number of hydrogen-bond donors (Lipinski definition) is 0. The second kappa shape index (κ2) is 4.53. The van der Waals surface area contributed by atoms with Crippen LogP contribution in [-0.4, -0.2) is 28.9 Å². The van der Waals surface area contributed by atoms with Gasteiger partial charge < -0.3 is 4.90 Å². The van der Waals surface area contributed by atoms with E-state index in [2.05, 4.69) is 0 Å². The summed E-state index contributed by atoms with van der Waals surface area (Å²) in [4.78, 5) is 26.1. The first kappa shape index (κ1) is 12.5. The smallest absolute Gasteiger partial charge is 0.237 e. The number of allylic oxidation sites excluding steroid dienone is 1. The third kappa shape index (κ3) is 1.74. The van der Waals surface area contributed by atoms with Crippen molar-refractivity contribution in [1.82, 2.24) is 4.90 Å². The van der Waals surface area contributed by atoms with Gasteiger partial charge in [-0.25, -0.2) is 0 Å². The lowest BCUT2D eigenvalue weighted by Gasteiger charge is -2.18. The van der Waals surface area contributed by atoms with Crippen molar-refractivity contribution in [2.45, 2.75) is 19.8 Å². The van der Waals surface area contributed by atoms with Crippen LogP contribution in [0.3, 0.4) is 0 Å². The number of carbonyl (C=O) groups excluding carboxylic acids is 2. The Morgan fingerprint density at radius 1 is 1.32 bits per heavy atom. The maximum absolute atomic E-state index is 12.6. The summed E-state index contributed by atoms with van der Waals surface area (Å²) < 4.78 is 0. The Morgan fingerprint density at radius 3 is 2.74 bits per heavy atom. The van der Waals surface area contributed by atoms with Crippen LogP contribution in [-0.2, 0) is 4.79 Å². The molecule has 1 aromatic rings. The van der Waals surface area contributed by atoms with E-state index >= 15 is 0 Å². The van der Waals surface area contributed by atoms with Gasteiger partial charge in [-0.15, -0.1) is 0 Å². The molecule has 19 heavy (non-hydrogen) atoms. The van der Waals surface area contributed by atoms with Crippen molar-refractivity contribution in [2.24, 2.45) is 0 Å². The zero-order valence-electron chi connectivity index (χ0n) is 11.0. The maximum atomic E-state index is 12.6. The van der Waals surface area contributed by atoms with Crippen molar-refractivity contribution in [2.75, 3.05) is 12.3 Å². The van der Waals surface area contributed by atoms with Crippen LogP contribution >= 0.6 is 11.8 Å². The van der Waals surface area contributed by atoms with Crippen molar-refractivity contribution < 1.29 is 9.59 Å². The van der Waals surface area contributed by atoms with Crippen LogP contribution in [0.5, 0.6) is 0 Å². The lowest BCUT2D eigenvalue weighted by molar-refractivity contribution is -0.125. The Labute approximate surface area is 116 Å². The SMILES string of the molecule is CCN1C(=O)CS/C1=C1/C(=O)c2ccccc2C1C. The first-order valence-corrected chi connectivity index (χ1v) is 7.44. The van der Waals surface area contributed by atoms with E-state index in [1.54, 1.807) is 4.90 Å². The number of ketones is 1. The van der Waals surface area contributed by atoms with E-state index in [0.717, 1.165) is 21.7 Å². The van der Waals surface area contributed by atoms with Crippen molar-refractivity contribution >= 4 is 23.5 Å². The summed E-state index contributed by atoms with van der Waals surface area (Å²) in [6, 6.07) is 7.73. The molecule has 0 N–H and O–H groups in total. The number of fused-ring (bicyclic) bond motifs is 1. The monoisotopic (exact) mass is 273 g/mol. The highest BCUT2D eigenvalue weighted by atomic mass is 32.2. The Bertz CT molecular complexity index is 606. The molecule has 4 heteroatoms. The Kier molecular flexibility index (Phi) is 2.97. The summed E-state index contributed by atoms with van der Waals surface area (Å²) in [5, 5.41) is 0.862. The van der Waals surface area contributed by atoms with Crippen LogP contribution in [0.4, 0.5) is 0 Å². The quantitative estimate of drug-likeness (QED) is 0.738. The first-order chi connectivity index (χ1) is 9.15. The molecule has 3 rings (SSSR count). The summed E-state index contributed by atoms with van der Waals surface area (Å²) in [5.74, 6) is 0.707. The average Bonchev–Trinajstić information content (AvgIpc) is 2.90. The molecule has 1 saturated heterocycles. The molecule has 1 unspecified atom stereocenters. The number of Topliss-reactive ketones (excluding diaryl/α,β-unsaturated/α-hetero) is 1. The molecular weight excluding hydrogens is 258 g/mol. The maximum Gasteiger partial charge on any atom is 0.237 e. The second-order valence-electron chi connectivity index (χ2n) is 4.78. The fourth-order valence-corrected chi connectivity index (χ4v) is 4.03. The fourth-order valence-electron chi connectivity index (χ4n) is 2.80. The van der Waals surface area contributed by atoms with E-state index in [1.807, 2.05) is 38.1 Å². The molecule has 1 fully saturated rings. The summed E-state index contributed by atoms with van der Waals surface area (Å²) in [6.07, 6.45) is 0. The lowest BCUT2D eigenvalue weighted by Crippen LogP contribution is -2.25. The number of benzene rings is 1. The van der Waals surface area contributed by atoms with Gasteiger partial charge >= 0.3 is 0 Å². The molecule has 3 nitrogen and oxygen atoms in total. The minimum atomic E-state index is 0.0751. The zero-order chi connectivity index (χ0) is 13.6. The molecule has 0 aromatic heterocycles. The van der Waals surface area contributed by atoms with Gasteiger partial charge in [0, 0.05) is 23.6 Å². The van der Waals surface area contributed by atoms with E-state index < -0.39 is 0 Å². The zero-order valence-corrected chi connectivity index (χ0v) is 11.8. The van der Waals surface area contributed by atoms with Crippen molar-refractivity contribution in [3.05, 3.63) is 46.0 Å². The van der Waals surface area contributed by atoms with Gasteiger partial charge in [0.2, 0.25) is 5.91 Å². The van der Waals surface area contributed by atoms with E-state index in [9.17, 15) is 9.59 Å². The number of thioether (sulfide) groups is 1. The predicted octanol–water partition coefficient (Wildman–Crippen LogP) is 2.79. The van der Waals surface area contributed by atoms with Gasteiger partial charge in [-0.2, -0.15) is 0 Å². The predicted molar refractivity (Wildman–Crippen MR) is 76.1 cm³/mol. The van der Waals surface area contributed by atoms with Crippen LogP contribution in [0.1, 0.15) is 35.7 Å². The van der Waals surface area contributed by atoms with Crippen LogP contribution in [0, 0.1) is 0 Å². The van der Waals surface area contributed by atoms with Gasteiger partial charge in [-0.3, -0.25) is 9.59 Å². The summed E-state index contributed by atoms with van der Waals surface area (Å²) in [7, 11) is 0. The summed E-state index contributed by atoms with van der Waals surface area (Å²) in [6.45, 7) is 4.62. The molecule has 0 saturated carbocycles. The molecule has 0 spiro atoms. The van der Waals surface area contributed by atoms with Crippen LogP contribution in [0.25, 0.3) is 0 Å². The van der Waals surface area contributed by atoms with Gasteiger partial charge in [0.05, 0.1) is 10.8 Å². The molecule has 0 bridgehead atoms. The molecule has 1 aliphatic carbocycles.